The van der Waals surface area contributed by atoms with Crippen molar-refractivity contribution in [2.45, 2.75) is 296 Å². The van der Waals surface area contributed by atoms with Gasteiger partial charge in [0.15, 0.2) is 0 Å². The van der Waals surface area contributed by atoms with E-state index in [1.807, 2.05) is 33.3 Å². The number of esters is 1. The molecule has 0 rings (SSSR count). The number of amides is 1. The van der Waals surface area contributed by atoms with E-state index < -0.39 is 26.6 Å². The van der Waals surface area contributed by atoms with Crippen LogP contribution in [0.15, 0.2) is 85.1 Å². The summed E-state index contributed by atoms with van der Waals surface area (Å²) in [5.74, 6) is -0.553. The predicted octanol–water partition coefficient (Wildman–Crippen LogP) is 19.5. The van der Waals surface area contributed by atoms with Crippen LogP contribution in [0, 0.1) is 0 Å². The third-order valence-electron chi connectivity index (χ3n) is 14.1. The van der Waals surface area contributed by atoms with E-state index in [9.17, 15) is 19.0 Å². The zero-order valence-corrected chi connectivity index (χ0v) is 52.5. The minimum atomic E-state index is -4.70. The maximum Gasteiger partial charge on any atom is 0.306 e. The average molecular weight is 1110 g/mol. The highest BCUT2D eigenvalue weighted by Gasteiger charge is 2.27. The number of quaternary nitrogens is 1. The van der Waals surface area contributed by atoms with Crippen molar-refractivity contribution < 1.29 is 37.3 Å². The summed E-state index contributed by atoms with van der Waals surface area (Å²) < 4.78 is 30.3. The van der Waals surface area contributed by atoms with Gasteiger partial charge in [-0.3, -0.25) is 14.2 Å². The number of nitrogens with zero attached hydrogens (tertiary/aromatic N) is 1. The van der Waals surface area contributed by atoms with E-state index in [0.717, 1.165) is 116 Å². The fourth-order valence-corrected chi connectivity index (χ4v) is 9.84. The van der Waals surface area contributed by atoms with Crippen LogP contribution in [-0.2, 0) is 27.9 Å². The van der Waals surface area contributed by atoms with E-state index >= 15 is 0 Å². The Kier molecular flexibility index (Phi) is 55.4. The number of carbonyl (C=O) groups is 2. The van der Waals surface area contributed by atoms with Crippen molar-refractivity contribution in [1.82, 2.24) is 5.32 Å². The van der Waals surface area contributed by atoms with Gasteiger partial charge in [-0.25, -0.2) is 0 Å². The molecule has 1 N–H and O–H groups in total. The molecule has 0 aromatic rings. The number of allylic oxidation sites excluding steroid dienone is 13. The molecule has 452 valence electrons. The van der Waals surface area contributed by atoms with Crippen molar-refractivity contribution in [2.75, 3.05) is 40.9 Å². The molecule has 0 aliphatic heterocycles. The molecule has 0 bridgehead atoms. The van der Waals surface area contributed by atoms with E-state index in [4.69, 9.17) is 13.8 Å². The zero-order chi connectivity index (χ0) is 57.2. The Labute approximate surface area is 482 Å². The molecule has 0 spiro atoms. The van der Waals surface area contributed by atoms with Gasteiger partial charge in [-0.2, -0.15) is 0 Å². The molecule has 0 radical (unpaired) electrons. The third kappa shape index (κ3) is 57.9. The third-order valence-corrected chi connectivity index (χ3v) is 15.1. The Morgan fingerprint density at radius 1 is 0.462 bits per heavy atom. The molecule has 0 aliphatic carbocycles. The summed E-state index contributed by atoms with van der Waals surface area (Å²) in [4.78, 5) is 40.0. The van der Waals surface area contributed by atoms with Crippen molar-refractivity contribution in [3.8, 4) is 0 Å². The van der Waals surface area contributed by atoms with E-state index in [1.165, 1.54) is 128 Å². The molecular weight excluding hydrogens is 988 g/mol. The summed E-state index contributed by atoms with van der Waals surface area (Å²) in [6, 6.07) is -0.896. The first kappa shape index (κ1) is 75.2. The molecule has 3 atom stereocenters. The Morgan fingerprint density at radius 2 is 0.821 bits per heavy atom. The van der Waals surface area contributed by atoms with E-state index in [1.54, 1.807) is 0 Å². The Bertz CT molecular complexity index is 1610. The topological polar surface area (TPSA) is 114 Å². The van der Waals surface area contributed by atoms with Gasteiger partial charge in [0.1, 0.15) is 19.3 Å². The summed E-state index contributed by atoms with van der Waals surface area (Å²) in [7, 11) is 1.17. The first-order valence-electron chi connectivity index (χ1n) is 32.4. The molecule has 1 amide bonds. The molecule has 0 fully saturated rings. The van der Waals surface area contributed by atoms with Gasteiger partial charge in [0, 0.05) is 12.8 Å². The first-order chi connectivity index (χ1) is 37.9. The summed E-state index contributed by atoms with van der Waals surface area (Å²) in [5.41, 5.74) is 0. The van der Waals surface area contributed by atoms with Crippen molar-refractivity contribution in [3.05, 3.63) is 85.1 Å². The lowest BCUT2D eigenvalue weighted by atomic mass is 10.0. The van der Waals surface area contributed by atoms with Crippen LogP contribution in [-0.4, -0.2) is 69.4 Å². The van der Waals surface area contributed by atoms with Gasteiger partial charge < -0.3 is 28.5 Å². The summed E-state index contributed by atoms with van der Waals surface area (Å²) in [5, 5.41) is 3.03. The first-order valence-corrected chi connectivity index (χ1v) is 33.9. The second-order valence-electron chi connectivity index (χ2n) is 22.9. The lowest BCUT2D eigenvalue weighted by Gasteiger charge is -2.30. The van der Waals surface area contributed by atoms with Crippen LogP contribution in [0.1, 0.15) is 284 Å². The smallest absolute Gasteiger partial charge is 0.306 e. The lowest BCUT2D eigenvalue weighted by Crippen LogP contribution is -2.47. The Morgan fingerprint density at radius 3 is 1.23 bits per heavy atom. The molecule has 0 aliphatic rings. The van der Waals surface area contributed by atoms with Crippen molar-refractivity contribution in [2.24, 2.45) is 0 Å². The average Bonchev–Trinajstić information content (AvgIpc) is 3.40. The lowest BCUT2D eigenvalue weighted by molar-refractivity contribution is -0.870. The maximum atomic E-state index is 13.5. The monoisotopic (exact) mass is 1110 g/mol. The molecule has 0 saturated heterocycles. The molecule has 3 unspecified atom stereocenters. The van der Waals surface area contributed by atoms with Crippen molar-refractivity contribution in [1.29, 1.82) is 0 Å². The molecule has 9 nitrogen and oxygen atoms in total. The highest BCUT2D eigenvalue weighted by atomic mass is 31.2. The number of phosphoric acid groups is 1. The normalized spacial score (nSPS) is 14.2. The van der Waals surface area contributed by atoms with Gasteiger partial charge in [-0.1, -0.05) is 273 Å². The van der Waals surface area contributed by atoms with Crippen LogP contribution in [0.3, 0.4) is 0 Å². The molecule has 0 heterocycles. The molecule has 0 aromatic heterocycles. The SMILES string of the molecule is CC/C=C\C/C=C\C/C=C\C/C=C\C/C=C\C/C=C\CCCCCCCCC(=O)OC(/C=C\CCCCCCCCCCCCC)C(COP(=O)([O-])OCC[N+](C)(C)C)NC(=O)CCCCCCCCCCCCCCCC. The second-order valence-corrected chi connectivity index (χ2v) is 24.3. The van der Waals surface area contributed by atoms with Gasteiger partial charge in [0.05, 0.1) is 33.8 Å². The van der Waals surface area contributed by atoms with Gasteiger partial charge in [-0.05, 0) is 83.1 Å². The number of hydrogen-bond donors (Lipinski definition) is 1. The highest BCUT2D eigenvalue weighted by Crippen LogP contribution is 2.38. The van der Waals surface area contributed by atoms with E-state index in [2.05, 4.69) is 99.0 Å². The highest BCUT2D eigenvalue weighted by molar-refractivity contribution is 7.45. The quantitative estimate of drug-likeness (QED) is 0.0212. The molecule has 10 heteroatoms. The number of ether oxygens (including phenoxy) is 1. The minimum Gasteiger partial charge on any atom is -0.756 e. The predicted molar refractivity (Wildman–Crippen MR) is 335 cm³/mol. The van der Waals surface area contributed by atoms with Crippen molar-refractivity contribution >= 4 is 19.7 Å². The fraction of sp³-hybridized carbons (Fsp3) is 0.765. The van der Waals surface area contributed by atoms with Crippen LogP contribution >= 0.6 is 7.82 Å². The van der Waals surface area contributed by atoms with Gasteiger partial charge in [-0.15, -0.1) is 0 Å². The van der Waals surface area contributed by atoms with E-state index in [0.29, 0.717) is 23.9 Å². The van der Waals surface area contributed by atoms with Gasteiger partial charge in [0.25, 0.3) is 7.82 Å². The standard InChI is InChI=1S/C68H123N2O7P/c1-7-10-13-16-19-22-25-28-30-31-32-33-34-35-36-37-38-39-40-43-46-49-52-55-58-61-68(72)77-66(59-56-53-50-47-44-41-27-24-21-18-15-12-9-3)65(64-76-78(73,74)75-63-62-70(4,5)6)69-67(71)60-57-54-51-48-45-42-29-26-23-20-17-14-11-8-2/h10,13,19,22,28,30,32-33,35-36,38-39,56,59,65-66H,7-9,11-12,14-18,20-21,23-27,29,31,34,37,40-55,57-58,60-64H2,1-6H3,(H-,69,71,73,74)/b13-10-,22-19-,30-28-,33-32-,36-35-,39-38-,59-56-. The summed E-state index contributed by atoms with van der Waals surface area (Å²) in [6.45, 7) is 6.73. The van der Waals surface area contributed by atoms with Crippen LogP contribution in [0.4, 0.5) is 0 Å². The fourth-order valence-electron chi connectivity index (χ4n) is 9.11. The summed E-state index contributed by atoms with van der Waals surface area (Å²) in [6.07, 6.45) is 75.4. The Balaban J connectivity index is 5.21. The molecule has 0 saturated carbocycles. The number of hydrogen-bond acceptors (Lipinski definition) is 7. The largest absolute Gasteiger partial charge is 0.756 e. The van der Waals surface area contributed by atoms with Crippen LogP contribution < -0.4 is 10.2 Å². The second kappa shape index (κ2) is 57.4. The van der Waals surface area contributed by atoms with Crippen LogP contribution in [0.2, 0.25) is 0 Å². The number of nitrogens with one attached hydrogen (secondary N) is 1. The van der Waals surface area contributed by atoms with E-state index in [-0.39, 0.29) is 24.9 Å². The number of rotatable bonds is 58. The Hall–Kier alpha value is -2.81. The molecule has 78 heavy (non-hydrogen) atoms. The zero-order valence-electron chi connectivity index (χ0n) is 51.6. The number of carbonyl (C=O) groups excluding carboxylic acids is 2. The van der Waals surface area contributed by atoms with Gasteiger partial charge in [0.2, 0.25) is 5.91 Å². The number of unbranched alkanes of at least 4 members (excludes halogenated alkanes) is 30. The molecular formula is C68H123N2O7P. The number of likely N-dealkylation sites (N-methyl/N-ethyl adjacent to an activating group) is 1. The van der Waals surface area contributed by atoms with Crippen LogP contribution in [0.25, 0.3) is 0 Å². The minimum absolute atomic E-state index is 0.0266. The summed E-state index contributed by atoms with van der Waals surface area (Å²) >= 11 is 0. The molecule has 0 aromatic carbocycles. The van der Waals surface area contributed by atoms with Crippen LogP contribution in [0.5, 0.6) is 0 Å². The van der Waals surface area contributed by atoms with Crippen molar-refractivity contribution in [3.63, 3.8) is 0 Å². The maximum absolute atomic E-state index is 13.5. The number of phosphoric ester groups is 1. The van der Waals surface area contributed by atoms with Gasteiger partial charge >= 0.3 is 5.97 Å².